The molecule has 0 bridgehead atoms. The van der Waals surface area contributed by atoms with Gasteiger partial charge >= 0.3 is 11.9 Å². The molecule has 0 spiro atoms. The molecular formula is C16H19F2NO5. The maximum atomic E-state index is 13.5. The molecule has 0 radical (unpaired) electrons. The zero-order valence-electron chi connectivity index (χ0n) is 13.3. The van der Waals surface area contributed by atoms with Crippen LogP contribution in [0.3, 0.4) is 0 Å². The summed E-state index contributed by atoms with van der Waals surface area (Å²) in [6.07, 6.45) is -0.838. The second-order valence-electron chi connectivity index (χ2n) is 5.22. The highest BCUT2D eigenvalue weighted by Gasteiger charge is 2.27. The van der Waals surface area contributed by atoms with E-state index < -0.39 is 53.4 Å². The van der Waals surface area contributed by atoms with Crippen molar-refractivity contribution < 1.29 is 33.0 Å². The Morgan fingerprint density at radius 3 is 2.33 bits per heavy atom. The molecule has 0 unspecified atom stereocenters. The Balaban J connectivity index is 2.73. The summed E-state index contributed by atoms with van der Waals surface area (Å²) >= 11 is 0. The summed E-state index contributed by atoms with van der Waals surface area (Å²) < 4.78 is 31.8. The summed E-state index contributed by atoms with van der Waals surface area (Å²) in [7, 11) is 0. The molecule has 24 heavy (non-hydrogen) atoms. The van der Waals surface area contributed by atoms with E-state index in [1.807, 2.05) is 0 Å². The van der Waals surface area contributed by atoms with Gasteiger partial charge in [0.25, 0.3) is 0 Å². The maximum absolute atomic E-state index is 13.5. The number of hydrogen-bond donors (Lipinski definition) is 2. The van der Waals surface area contributed by atoms with Crippen molar-refractivity contribution in [3.05, 3.63) is 35.4 Å². The number of rotatable bonds is 8. The van der Waals surface area contributed by atoms with Gasteiger partial charge < -0.3 is 15.2 Å². The standard InChI is InChI=1S/C16H19F2NO5/c1-3-24-16(23)9(2)7-13(15(21)22)19-14(20)8-10-11(17)5-4-6-12(10)18/h4-6,9,13H,3,7-8H2,1-2H3,(H,19,20)(H,21,22)/t9-,13+/m0/s1. The van der Waals surface area contributed by atoms with E-state index in [9.17, 15) is 23.2 Å². The van der Waals surface area contributed by atoms with Crippen molar-refractivity contribution in [1.82, 2.24) is 5.32 Å². The van der Waals surface area contributed by atoms with E-state index in [1.165, 1.54) is 6.92 Å². The molecule has 8 heteroatoms. The predicted octanol–water partition coefficient (Wildman–Crippen LogP) is 1.67. The molecule has 0 aliphatic heterocycles. The van der Waals surface area contributed by atoms with E-state index in [-0.39, 0.29) is 13.0 Å². The Hall–Kier alpha value is -2.51. The number of aliphatic carboxylic acids is 1. The number of carboxylic acids is 1. The molecule has 0 aliphatic carbocycles. The van der Waals surface area contributed by atoms with Crippen LogP contribution in [0.5, 0.6) is 0 Å². The van der Waals surface area contributed by atoms with Crippen molar-refractivity contribution in [3.8, 4) is 0 Å². The SMILES string of the molecule is CCOC(=O)[C@@H](C)C[C@@H](NC(=O)Cc1c(F)cccc1F)C(=O)O. The number of nitrogens with one attached hydrogen (secondary N) is 1. The lowest BCUT2D eigenvalue weighted by Crippen LogP contribution is -2.43. The van der Waals surface area contributed by atoms with Crippen molar-refractivity contribution >= 4 is 17.8 Å². The number of benzene rings is 1. The van der Waals surface area contributed by atoms with Crippen molar-refractivity contribution in [1.29, 1.82) is 0 Å². The third-order valence-electron chi connectivity index (χ3n) is 3.31. The van der Waals surface area contributed by atoms with Gasteiger partial charge in [0.2, 0.25) is 5.91 Å². The molecule has 0 aromatic heterocycles. The van der Waals surface area contributed by atoms with Crippen molar-refractivity contribution in [2.45, 2.75) is 32.7 Å². The lowest BCUT2D eigenvalue weighted by Gasteiger charge is -2.18. The number of esters is 1. The summed E-state index contributed by atoms with van der Waals surface area (Å²) in [6.45, 7) is 3.24. The quantitative estimate of drug-likeness (QED) is 0.701. The van der Waals surface area contributed by atoms with Crippen LogP contribution in [0.15, 0.2) is 18.2 Å². The largest absolute Gasteiger partial charge is 0.480 e. The number of ether oxygens (including phenoxy) is 1. The first-order valence-electron chi connectivity index (χ1n) is 7.37. The summed E-state index contributed by atoms with van der Waals surface area (Å²) in [5.41, 5.74) is -0.447. The van der Waals surface area contributed by atoms with Gasteiger partial charge in [0.15, 0.2) is 0 Å². The van der Waals surface area contributed by atoms with Gasteiger partial charge in [0.1, 0.15) is 17.7 Å². The third kappa shape index (κ3) is 5.60. The summed E-state index contributed by atoms with van der Waals surface area (Å²) in [5.74, 6) is -5.33. The molecule has 0 heterocycles. The second-order valence-corrected chi connectivity index (χ2v) is 5.22. The van der Waals surface area contributed by atoms with E-state index in [4.69, 9.17) is 9.84 Å². The average molecular weight is 343 g/mol. The predicted molar refractivity (Wildman–Crippen MR) is 80.0 cm³/mol. The maximum Gasteiger partial charge on any atom is 0.326 e. The topological polar surface area (TPSA) is 92.7 Å². The normalized spacial score (nSPS) is 13.0. The van der Waals surface area contributed by atoms with Gasteiger partial charge in [-0.15, -0.1) is 0 Å². The Morgan fingerprint density at radius 2 is 1.83 bits per heavy atom. The van der Waals surface area contributed by atoms with Crippen LogP contribution in [-0.4, -0.2) is 35.6 Å². The van der Waals surface area contributed by atoms with Gasteiger partial charge in [-0.1, -0.05) is 13.0 Å². The number of hydrogen-bond acceptors (Lipinski definition) is 4. The molecule has 2 N–H and O–H groups in total. The first kappa shape index (κ1) is 19.5. The van der Waals surface area contributed by atoms with E-state index in [0.29, 0.717) is 0 Å². The summed E-state index contributed by atoms with van der Waals surface area (Å²) in [5, 5.41) is 11.3. The van der Waals surface area contributed by atoms with E-state index >= 15 is 0 Å². The van der Waals surface area contributed by atoms with Crippen LogP contribution in [0.1, 0.15) is 25.8 Å². The van der Waals surface area contributed by atoms with Crippen LogP contribution in [0.25, 0.3) is 0 Å². The highest BCUT2D eigenvalue weighted by molar-refractivity contribution is 5.85. The van der Waals surface area contributed by atoms with Gasteiger partial charge in [-0.3, -0.25) is 9.59 Å². The zero-order valence-corrected chi connectivity index (χ0v) is 13.3. The van der Waals surface area contributed by atoms with E-state index in [2.05, 4.69) is 5.32 Å². The molecule has 2 atom stereocenters. The number of carboxylic acid groups (broad SMARTS) is 1. The fraction of sp³-hybridized carbons (Fsp3) is 0.438. The van der Waals surface area contributed by atoms with Crippen LogP contribution < -0.4 is 5.32 Å². The highest BCUT2D eigenvalue weighted by Crippen LogP contribution is 2.14. The molecule has 0 fully saturated rings. The van der Waals surface area contributed by atoms with Crippen LogP contribution in [-0.2, 0) is 25.5 Å². The monoisotopic (exact) mass is 343 g/mol. The zero-order chi connectivity index (χ0) is 18.3. The molecule has 1 aromatic rings. The molecule has 6 nitrogen and oxygen atoms in total. The summed E-state index contributed by atoms with van der Waals surface area (Å²) in [4.78, 5) is 34.6. The van der Waals surface area contributed by atoms with Crippen LogP contribution in [0, 0.1) is 17.6 Å². The molecular weight excluding hydrogens is 324 g/mol. The van der Waals surface area contributed by atoms with Gasteiger partial charge in [0, 0.05) is 5.56 Å². The third-order valence-corrected chi connectivity index (χ3v) is 3.31. The second kappa shape index (κ2) is 8.95. The molecule has 1 aromatic carbocycles. The van der Waals surface area contributed by atoms with E-state index in [1.54, 1.807) is 6.92 Å². The molecule has 1 amide bonds. The number of carbonyl (C=O) groups is 3. The number of halogens is 2. The van der Waals surface area contributed by atoms with Crippen LogP contribution in [0.4, 0.5) is 8.78 Å². The minimum Gasteiger partial charge on any atom is -0.480 e. The van der Waals surface area contributed by atoms with Gasteiger partial charge in [-0.25, -0.2) is 13.6 Å². The molecule has 132 valence electrons. The minimum absolute atomic E-state index is 0.153. The van der Waals surface area contributed by atoms with Gasteiger partial charge in [0.05, 0.1) is 18.9 Å². The van der Waals surface area contributed by atoms with Crippen molar-refractivity contribution in [3.63, 3.8) is 0 Å². The molecule has 1 rings (SSSR count). The smallest absolute Gasteiger partial charge is 0.326 e. The first-order chi connectivity index (χ1) is 11.3. The highest BCUT2D eigenvalue weighted by atomic mass is 19.1. The fourth-order valence-corrected chi connectivity index (χ4v) is 2.06. The Kier molecular flexibility index (Phi) is 7.29. The molecule has 0 aliphatic rings. The summed E-state index contributed by atoms with van der Waals surface area (Å²) in [6, 6.07) is 1.80. The van der Waals surface area contributed by atoms with Crippen LogP contribution in [0.2, 0.25) is 0 Å². The van der Waals surface area contributed by atoms with Crippen molar-refractivity contribution in [2.24, 2.45) is 5.92 Å². The van der Waals surface area contributed by atoms with E-state index in [0.717, 1.165) is 18.2 Å². The molecule has 0 saturated heterocycles. The van der Waals surface area contributed by atoms with Gasteiger partial charge in [-0.05, 0) is 25.5 Å². The average Bonchev–Trinajstić information content (AvgIpc) is 2.50. The number of carbonyl (C=O) groups excluding carboxylic acids is 2. The lowest BCUT2D eigenvalue weighted by atomic mass is 10.0. The lowest BCUT2D eigenvalue weighted by molar-refractivity contribution is -0.149. The first-order valence-corrected chi connectivity index (χ1v) is 7.37. The minimum atomic E-state index is -1.37. The number of amides is 1. The fourth-order valence-electron chi connectivity index (χ4n) is 2.06. The van der Waals surface area contributed by atoms with Crippen LogP contribution >= 0.6 is 0 Å². The van der Waals surface area contributed by atoms with Gasteiger partial charge in [-0.2, -0.15) is 0 Å². The Morgan fingerprint density at radius 1 is 1.25 bits per heavy atom. The Bertz CT molecular complexity index is 600. The van der Waals surface area contributed by atoms with Crippen molar-refractivity contribution in [2.75, 3.05) is 6.61 Å². The Labute approximate surface area is 137 Å². The molecule has 0 saturated carbocycles.